The Balaban J connectivity index is 2.11. The highest BCUT2D eigenvalue weighted by Gasteiger charge is 2.33. The SMILES string of the molecule is CCNN1COC(c2ccccc2)N1NCC. The van der Waals surface area contributed by atoms with E-state index < -0.39 is 0 Å². The van der Waals surface area contributed by atoms with E-state index in [1.165, 1.54) is 0 Å². The first-order valence-electron chi connectivity index (χ1n) is 6.07. The maximum absolute atomic E-state index is 5.80. The van der Waals surface area contributed by atoms with Crippen molar-refractivity contribution in [3.63, 3.8) is 0 Å². The van der Waals surface area contributed by atoms with E-state index in [0.29, 0.717) is 6.73 Å². The van der Waals surface area contributed by atoms with E-state index in [1.54, 1.807) is 0 Å². The average Bonchev–Trinajstić information content (AvgIpc) is 2.75. The van der Waals surface area contributed by atoms with Crippen LogP contribution in [0.1, 0.15) is 25.6 Å². The first kappa shape index (κ1) is 12.5. The molecule has 5 nitrogen and oxygen atoms in total. The summed E-state index contributed by atoms with van der Waals surface area (Å²) < 4.78 is 5.80. The average molecular weight is 236 g/mol. The normalized spacial score (nSPS) is 22.1. The van der Waals surface area contributed by atoms with Crippen LogP contribution in [0.5, 0.6) is 0 Å². The molecule has 0 saturated carbocycles. The minimum absolute atomic E-state index is 0.0739. The topological polar surface area (TPSA) is 39.8 Å². The lowest BCUT2D eigenvalue weighted by atomic mass is 10.2. The predicted octanol–water partition coefficient (Wildman–Crippen LogP) is 1.24. The third-order valence-electron chi connectivity index (χ3n) is 2.58. The highest BCUT2D eigenvalue weighted by Crippen LogP contribution is 2.26. The molecule has 1 aromatic carbocycles. The van der Waals surface area contributed by atoms with Crippen molar-refractivity contribution in [3.8, 4) is 0 Å². The second-order valence-corrected chi connectivity index (χ2v) is 3.83. The molecule has 1 fully saturated rings. The van der Waals surface area contributed by atoms with Gasteiger partial charge < -0.3 is 4.74 Å². The first-order chi connectivity index (χ1) is 8.36. The van der Waals surface area contributed by atoms with Crippen molar-refractivity contribution in [3.05, 3.63) is 35.9 Å². The fourth-order valence-corrected chi connectivity index (χ4v) is 1.89. The molecule has 2 rings (SSSR count). The fraction of sp³-hybridized carbons (Fsp3) is 0.500. The number of nitrogens with zero attached hydrogens (tertiary/aromatic N) is 2. The summed E-state index contributed by atoms with van der Waals surface area (Å²) in [5.74, 6) is 0. The summed E-state index contributed by atoms with van der Waals surface area (Å²) in [7, 11) is 0. The van der Waals surface area contributed by atoms with Gasteiger partial charge >= 0.3 is 0 Å². The Morgan fingerprint density at radius 1 is 1.18 bits per heavy atom. The third kappa shape index (κ3) is 2.83. The molecule has 0 aromatic heterocycles. The largest absolute Gasteiger partial charge is 0.338 e. The standard InChI is InChI=1S/C12H20N4O/c1-3-13-15-10-17-12(16(15)14-4-2)11-8-6-5-7-9-11/h5-9,12-14H,3-4,10H2,1-2H3. The summed E-state index contributed by atoms with van der Waals surface area (Å²) in [6, 6.07) is 10.2. The molecule has 0 bridgehead atoms. The molecule has 0 aliphatic carbocycles. The number of nitrogens with one attached hydrogen (secondary N) is 2. The van der Waals surface area contributed by atoms with Gasteiger partial charge in [-0.3, -0.25) is 0 Å². The van der Waals surface area contributed by atoms with Gasteiger partial charge in [-0.1, -0.05) is 44.2 Å². The van der Waals surface area contributed by atoms with E-state index in [4.69, 9.17) is 4.74 Å². The van der Waals surface area contributed by atoms with E-state index in [1.807, 2.05) is 28.4 Å². The van der Waals surface area contributed by atoms with Gasteiger partial charge in [0.15, 0.2) is 6.23 Å². The number of benzene rings is 1. The molecular formula is C12H20N4O. The van der Waals surface area contributed by atoms with Gasteiger partial charge in [0.2, 0.25) is 0 Å². The first-order valence-corrected chi connectivity index (χ1v) is 6.07. The summed E-state index contributed by atoms with van der Waals surface area (Å²) in [6.45, 7) is 6.41. The molecule has 2 N–H and O–H groups in total. The van der Waals surface area contributed by atoms with Gasteiger partial charge in [-0.2, -0.15) is 0 Å². The lowest BCUT2D eigenvalue weighted by Gasteiger charge is -2.29. The minimum Gasteiger partial charge on any atom is -0.338 e. The Morgan fingerprint density at radius 2 is 1.88 bits per heavy atom. The maximum atomic E-state index is 5.80. The molecule has 1 heterocycles. The minimum atomic E-state index is -0.0739. The number of hydrogen-bond donors (Lipinski definition) is 2. The van der Waals surface area contributed by atoms with Crippen molar-refractivity contribution in [2.45, 2.75) is 20.1 Å². The van der Waals surface area contributed by atoms with E-state index in [2.05, 4.69) is 36.8 Å². The fourth-order valence-electron chi connectivity index (χ4n) is 1.89. The molecule has 94 valence electrons. The van der Waals surface area contributed by atoms with Gasteiger partial charge in [-0.15, -0.1) is 10.2 Å². The van der Waals surface area contributed by atoms with Crippen LogP contribution >= 0.6 is 0 Å². The summed E-state index contributed by atoms with van der Waals surface area (Å²) >= 11 is 0. The van der Waals surface area contributed by atoms with Crippen LogP contribution < -0.4 is 10.9 Å². The molecule has 1 aliphatic rings. The second-order valence-electron chi connectivity index (χ2n) is 3.83. The zero-order valence-corrected chi connectivity index (χ0v) is 10.4. The van der Waals surface area contributed by atoms with Crippen molar-refractivity contribution >= 4 is 0 Å². The number of ether oxygens (including phenoxy) is 1. The summed E-state index contributed by atoms with van der Waals surface area (Å²) in [4.78, 5) is 0. The molecule has 1 unspecified atom stereocenters. The monoisotopic (exact) mass is 236 g/mol. The number of hydrogen-bond acceptors (Lipinski definition) is 5. The summed E-state index contributed by atoms with van der Waals surface area (Å²) in [5.41, 5.74) is 7.70. The van der Waals surface area contributed by atoms with Crippen molar-refractivity contribution in [2.75, 3.05) is 19.8 Å². The molecule has 1 aromatic rings. The molecule has 17 heavy (non-hydrogen) atoms. The van der Waals surface area contributed by atoms with E-state index in [9.17, 15) is 0 Å². The summed E-state index contributed by atoms with van der Waals surface area (Å²) in [6.07, 6.45) is -0.0739. The van der Waals surface area contributed by atoms with Crippen LogP contribution in [0.25, 0.3) is 0 Å². The van der Waals surface area contributed by atoms with Crippen LogP contribution in [-0.2, 0) is 4.74 Å². The highest BCUT2D eigenvalue weighted by atomic mass is 16.6. The second kappa shape index (κ2) is 6.09. The molecule has 1 saturated heterocycles. The van der Waals surface area contributed by atoms with Crippen LogP contribution in [0, 0.1) is 0 Å². The molecule has 0 amide bonds. The Morgan fingerprint density at radius 3 is 2.53 bits per heavy atom. The third-order valence-corrected chi connectivity index (χ3v) is 2.58. The Kier molecular flexibility index (Phi) is 4.47. The van der Waals surface area contributed by atoms with Crippen LogP contribution in [-0.4, -0.2) is 30.1 Å². The van der Waals surface area contributed by atoms with Crippen molar-refractivity contribution < 1.29 is 4.74 Å². The van der Waals surface area contributed by atoms with Gasteiger partial charge in [0, 0.05) is 13.1 Å². The molecule has 1 atom stereocenters. The zero-order valence-electron chi connectivity index (χ0n) is 10.4. The predicted molar refractivity (Wildman–Crippen MR) is 66.2 cm³/mol. The van der Waals surface area contributed by atoms with Crippen LogP contribution in [0.2, 0.25) is 0 Å². The lowest BCUT2D eigenvalue weighted by molar-refractivity contribution is -0.0970. The highest BCUT2D eigenvalue weighted by molar-refractivity contribution is 5.17. The van der Waals surface area contributed by atoms with E-state index >= 15 is 0 Å². The van der Waals surface area contributed by atoms with Gasteiger partial charge in [0.25, 0.3) is 0 Å². The van der Waals surface area contributed by atoms with Crippen LogP contribution in [0.3, 0.4) is 0 Å². The number of hydrazine groups is 3. The Bertz CT molecular complexity index is 333. The molecule has 0 radical (unpaired) electrons. The lowest BCUT2D eigenvalue weighted by Crippen LogP contribution is -2.53. The molecule has 5 heteroatoms. The van der Waals surface area contributed by atoms with Gasteiger partial charge in [0.1, 0.15) is 6.73 Å². The summed E-state index contributed by atoms with van der Waals surface area (Å²) in [5, 5.41) is 3.96. The molecule has 0 spiro atoms. The van der Waals surface area contributed by atoms with Gasteiger partial charge in [-0.25, -0.2) is 10.9 Å². The van der Waals surface area contributed by atoms with Crippen LogP contribution in [0.15, 0.2) is 30.3 Å². The zero-order chi connectivity index (χ0) is 12.1. The van der Waals surface area contributed by atoms with Crippen molar-refractivity contribution in [2.24, 2.45) is 0 Å². The van der Waals surface area contributed by atoms with Crippen LogP contribution in [0.4, 0.5) is 0 Å². The van der Waals surface area contributed by atoms with E-state index in [0.717, 1.165) is 18.7 Å². The molecular weight excluding hydrogens is 216 g/mol. The Hall–Kier alpha value is -0.980. The molecule has 1 aliphatic heterocycles. The van der Waals surface area contributed by atoms with E-state index in [-0.39, 0.29) is 6.23 Å². The quantitative estimate of drug-likeness (QED) is 0.805. The van der Waals surface area contributed by atoms with Gasteiger partial charge in [-0.05, 0) is 5.56 Å². The van der Waals surface area contributed by atoms with Crippen molar-refractivity contribution in [1.29, 1.82) is 0 Å². The Labute approximate surface area is 102 Å². The van der Waals surface area contributed by atoms with Gasteiger partial charge in [0.05, 0.1) is 0 Å². The smallest absolute Gasteiger partial charge is 0.166 e. The maximum Gasteiger partial charge on any atom is 0.166 e. The number of rotatable bonds is 5. The van der Waals surface area contributed by atoms with Crippen molar-refractivity contribution in [1.82, 2.24) is 21.1 Å².